The largest absolute Gasteiger partial charge is 0.493 e. The Kier molecular flexibility index (Phi) is 6.03. The summed E-state index contributed by atoms with van der Waals surface area (Å²) in [6.07, 6.45) is 3.65. The molecular weight excluding hydrogens is 362 g/mol. The highest BCUT2D eigenvalue weighted by atomic mass is 32.2. The lowest BCUT2D eigenvalue weighted by Gasteiger charge is -2.14. The van der Waals surface area contributed by atoms with Crippen LogP contribution in [0.3, 0.4) is 0 Å². The summed E-state index contributed by atoms with van der Waals surface area (Å²) < 4.78 is 12.5. The number of para-hydroxylation sites is 1. The van der Waals surface area contributed by atoms with Crippen LogP contribution in [0.1, 0.15) is 15.9 Å². The maximum atomic E-state index is 12.5. The van der Waals surface area contributed by atoms with E-state index in [-0.39, 0.29) is 5.91 Å². The highest BCUT2D eigenvalue weighted by Gasteiger charge is 2.14. The Hall–Kier alpha value is -2.93. The number of anilines is 1. The molecule has 0 radical (unpaired) electrons. The Morgan fingerprint density at radius 2 is 1.89 bits per heavy atom. The number of hydrogen-bond acceptors (Lipinski definition) is 5. The van der Waals surface area contributed by atoms with Crippen molar-refractivity contribution in [1.29, 1.82) is 0 Å². The lowest BCUT2D eigenvalue weighted by atomic mass is 10.2. The minimum Gasteiger partial charge on any atom is -0.493 e. The third-order valence-electron chi connectivity index (χ3n) is 4.11. The van der Waals surface area contributed by atoms with Crippen molar-refractivity contribution in [2.75, 3.05) is 25.8 Å². The zero-order valence-corrected chi connectivity index (χ0v) is 16.2. The van der Waals surface area contributed by atoms with Crippen LogP contribution in [0.2, 0.25) is 0 Å². The van der Waals surface area contributed by atoms with Crippen LogP contribution in [-0.4, -0.2) is 36.2 Å². The second-order valence-corrected chi connectivity index (χ2v) is 6.59. The summed E-state index contributed by atoms with van der Waals surface area (Å²) in [5.41, 5.74) is 1.50. The average Bonchev–Trinajstić information content (AvgIpc) is 3.14. The average molecular weight is 383 g/mol. The molecule has 0 saturated heterocycles. The highest BCUT2D eigenvalue weighted by Crippen LogP contribution is 2.31. The molecule has 0 atom stereocenters. The first-order valence-electron chi connectivity index (χ1n) is 8.33. The maximum Gasteiger partial charge on any atom is 0.256 e. The fraction of sp³-hybridized carbons (Fsp3) is 0.200. The molecule has 6 nitrogen and oxygen atoms in total. The van der Waals surface area contributed by atoms with Gasteiger partial charge in [-0.25, -0.2) is 4.68 Å². The van der Waals surface area contributed by atoms with Gasteiger partial charge in [-0.05, 0) is 36.6 Å². The predicted molar refractivity (Wildman–Crippen MR) is 107 cm³/mol. The number of carbonyl (C=O) groups excluding carboxylic acids is 1. The number of amides is 1. The number of ether oxygens (including phenoxy) is 2. The predicted octanol–water partition coefficient (Wildman–Crippen LogP) is 3.92. The number of methoxy groups -OCH3 is 2. The molecule has 2 aromatic carbocycles. The molecule has 3 rings (SSSR count). The van der Waals surface area contributed by atoms with E-state index in [1.54, 1.807) is 42.9 Å². The van der Waals surface area contributed by atoms with Crippen molar-refractivity contribution in [1.82, 2.24) is 9.78 Å². The molecule has 0 saturated carbocycles. The molecule has 27 heavy (non-hydrogen) atoms. The standard InChI is InChI=1S/C20H21N3O3S/c1-25-17-6-4-5-15(19(17)26-2)13-23-18(11-12-21-23)22-20(24)14-7-9-16(27-3)10-8-14/h4-12H,13H2,1-3H3,(H,22,24). The van der Waals surface area contributed by atoms with Gasteiger partial charge in [-0.15, -0.1) is 11.8 Å². The van der Waals surface area contributed by atoms with Crippen molar-refractivity contribution in [3.63, 3.8) is 0 Å². The topological polar surface area (TPSA) is 65.4 Å². The van der Waals surface area contributed by atoms with Gasteiger partial charge in [-0.2, -0.15) is 5.10 Å². The van der Waals surface area contributed by atoms with Crippen molar-refractivity contribution < 1.29 is 14.3 Å². The molecule has 0 aliphatic carbocycles. The van der Waals surface area contributed by atoms with Crippen LogP contribution in [0.4, 0.5) is 5.82 Å². The molecule has 0 aliphatic heterocycles. The number of carbonyl (C=O) groups is 1. The fourth-order valence-corrected chi connectivity index (χ4v) is 3.14. The molecule has 0 aliphatic rings. The van der Waals surface area contributed by atoms with Crippen LogP contribution in [0.5, 0.6) is 11.5 Å². The smallest absolute Gasteiger partial charge is 0.256 e. The van der Waals surface area contributed by atoms with E-state index in [0.29, 0.717) is 29.4 Å². The summed E-state index contributed by atoms with van der Waals surface area (Å²) >= 11 is 1.64. The molecule has 0 bridgehead atoms. The van der Waals surface area contributed by atoms with Gasteiger partial charge < -0.3 is 14.8 Å². The summed E-state index contributed by atoms with van der Waals surface area (Å²) in [6.45, 7) is 0.439. The monoisotopic (exact) mass is 383 g/mol. The molecule has 1 N–H and O–H groups in total. The van der Waals surface area contributed by atoms with Crippen molar-refractivity contribution in [2.24, 2.45) is 0 Å². The number of hydrogen-bond donors (Lipinski definition) is 1. The Bertz CT molecular complexity index is 922. The Balaban J connectivity index is 1.79. The van der Waals surface area contributed by atoms with Crippen molar-refractivity contribution >= 4 is 23.5 Å². The minimum atomic E-state index is -0.179. The molecule has 0 fully saturated rings. The van der Waals surface area contributed by atoms with Gasteiger partial charge in [-0.3, -0.25) is 4.79 Å². The quantitative estimate of drug-likeness (QED) is 0.627. The van der Waals surface area contributed by atoms with Crippen LogP contribution < -0.4 is 14.8 Å². The van der Waals surface area contributed by atoms with Gasteiger partial charge in [0.15, 0.2) is 11.5 Å². The third kappa shape index (κ3) is 4.25. The van der Waals surface area contributed by atoms with Crippen LogP contribution in [0.15, 0.2) is 59.6 Å². The van der Waals surface area contributed by atoms with Gasteiger partial charge >= 0.3 is 0 Å². The molecule has 0 spiro atoms. The van der Waals surface area contributed by atoms with Crippen LogP contribution >= 0.6 is 11.8 Å². The summed E-state index contributed by atoms with van der Waals surface area (Å²) in [5.74, 6) is 1.74. The van der Waals surface area contributed by atoms with Crippen molar-refractivity contribution in [3.8, 4) is 11.5 Å². The van der Waals surface area contributed by atoms with E-state index < -0.39 is 0 Å². The highest BCUT2D eigenvalue weighted by molar-refractivity contribution is 7.98. The van der Waals surface area contributed by atoms with Gasteiger partial charge in [0.2, 0.25) is 0 Å². The Labute approximate surface area is 162 Å². The number of benzene rings is 2. The lowest BCUT2D eigenvalue weighted by molar-refractivity contribution is 0.102. The normalized spacial score (nSPS) is 10.5. The van der Waals surface area contributed by atoms with Gasteiger partial charge in [0.1, 0.15) is 5.82 Å². The Morgan fingerprint density at radius 1 is 1.11 bits per heavy atom. The van der Waals surface area contributed by atoms with E-state index in [9.17, 15) is 4.79 Å². The zero-order valence-electron chi connectivity index (χ0n) is 15.4. The summed E-state index contributed by atoms with van der Waals surface area (Å²) in [4.78, 5) is 13.6. The molecular formula is C20H21N3O3S. The number of nitrogens with one attached hydrogen (secondary N) is 1. The minimum absolute atomic E-state index is 0.179. The fourth-order valence-electron chi connectivity index (χ4n) is 2.74. The van der Waals surface area contributed by atoms with Gasteiger partial charge in [0.25, 0.3) is 5.91 Å². The van der Waals surface area contributed by atoms with E-state index in [4.69, 9.17) is 9.47 Å². The Morgan fingerprint density at radius 3 is 2.56 bits per heavy atom. The summed E-state index contributed by atoms with van der Waals surface area (Å²) in [6, 6.07) is 14.9. The van der Waals surface area contributed by atoms with E-state index >= 15 is 0 Å². The molecule has 3 aromatic rings. The van der Waals surface area contributed by atoms with Gasteiger partial charge in [0.05, 0.1) is 27.0 Å². The van der Waals surface area contributed by atoms with Crippen LogP contribution in [0.25, 0.3) is 0 Å². The van der Waals surface area contributed by atoms with Crippen LogP contribution in [-0.2, 0) is 6.54 Å². The second-order valence-electron chi connectivity index (χ2n) is 5.71. The van der Waals surface area contributed by atoms with E-state index in [1.807, 2.05) is 48.7 Å². The first-order chi connectivity index (χ1) is 13.2. The number of rotatable bonds is 7. The molecule has 140 valence electrons. The molecule has 1 aromatic heterocycles. The number of nitrogens with zero attached hydrogens (tertiary/aromatic N) is 2. The zero-order chi connectivity index (χ0) is 19.2. The lowest BCUT2D eigenvalue weighted by Crippen LogP contribution is -2.16. The molecule has 0 unspecified atom stereocenters. The van der Waals surface area contributed by atoms with Gasteiger partial charge in [0, 0.05) is 22.1 Å². The number of aromatic nitrogens is 2. The summed E-state index contributed by atoms with van der Waals surface area (Å²) in [7, 11) is 3.20. The van der Waals surface area contributed by atoms with E-state index in [2.05, 4.69) is 10.4 Å². The van der Waals surface area contributed by atoms with E-state index in [1.165, 1.54) is 0 Å². The third-order valence-corrected chi connectivity index (χ3v) is 4.86. The SMILES string of the molecule is COc1cccc(Cn2nccc2NC(=O)c2ccc(SC)cc2)c1OC. The molecule has 1 heterocycles. The van der Waals surface area contributed by atoms with Crippen LogP contribution in [0, 0.1) is 0 Å². The summed E-state index contributed by atoms with van der Waals surface area (Å²) in [5, 5.41) is 7.23. The van der Waals surface area contributed by atoms with E-state index in [0.717, 1.165) is 10.5 Å². The van der Waals surface area contributed by atoms with Crippen molar-refractivity contribution in [3.05, 3.63) is 65.9 Å². The van der Waals surface area contributed by atoms with Gasteiger partial charge in [-0.1, -0.05) is 12.1 Å². The molecule has 1 amide bonds. The molecule has 7 heteroatoms. The van der Waals surface area contributed by atoms with Crippen molar-refractivity contribution in [2.45, 2.75) is 11.4 Å². The first kappa shape index (κ1) is 18.8. The second kappa shape index (κ2) is 8.64. The first-order valence-corrected chi connectivity index (χ1v) is 9.55. The number of thioether (sulfide) groups is 1. The maximum absolute atomic E-state index is 12.5.